The molecule has 4 heterocycles. The highest BCUT2D eigenvalue weighted by molar-refractivity contribution is 7.19. The summed E-state index contributed by atoms with van der Waals surface area (Å²) >= 11 is 1.81. The van der Waals surface area contributed by atoms with E-state index in [9.17, 15) is 9.18 Å². The molecule has 1 N–H and O–H groups in total. The number of pyridine rings is 2. The Balaban J connectivity index is 1.39. The topological polar surface area (TPSA) is 56.2 Å². The maximum Gasteiger partial charge on any atom is 0.258 e. The van der Waals surface area contributed by atoms with Crippen molar-refractivity contribution in [2.45, 2.75) is 32.5 Å². The van der Waals surface area contributed by atoms with E-state index in [0.717, 1.165) is 24.8 Å². The molecule has 1 aromatic carbocycles. The summed E-state index contributed by atoms with van der Waals surface area (Å²) in [6.07, 6.45) is 3.90. The molecule has 0 spiro atoms. The van der Waals surface area contributed by atoms with Crippen LogP contribution in [0.1, 0.15) is 23.1 Å². The van der Waals surface area contributed by atoms with Crippen molar-refractivity contribution >= 4 is 21.4 Å². The molecule has 1 aliphatic rings. The number of benzene rings is 1. The second-order valence-electron chi connectivity index (χ2n) is 7.50. The van der Waals surface area contributed by atoms with Crippen molar-refractivity contribution in [3.63, 3.8) is 0 Å². The predicted octanol–water partition coefficient (Wildman–Crippen LogP) is 4.20. The third-order valence-corrected chi connectivity index (χ3v) is 6.54. The zero-order chi connectivity index (χ0) is 20.7. The van der Waals surface area contributed by atoms with Crippen LogP contribution in [0.2, 0.25) is 0 Å². The first kappa shape index (κ1) is 19.0. The van der Waals surface area contributed by atoms with Crippen molar-refractivity contribution in [3.8, 4) is 11.4 Å². The average molecular weight is 421 g/mol. The third-order valence-electron chi connectivity index (χ3n) is 5.32. The molecule has 5 nitrogen and oxygen atoms in total. The highest BCUT2D eigenvalue weighted by Crippen LogP contribution is 2.35. The van der Waals surface area contributed by atoms with Gasteiger partial charge in [0.2, 0.25) is 0 Å². The van der Waals surface area contributed by atoms with Gasteiger partial charge in [0.05, 0.1) is 17.6 Å². The zero-order valence-corrected chi connectivity index (χ0v) is 17.2. The fourth-order valence-corrected chi connectivity index (χ4v) is 5.12. The first-order chi connectivity index (χ1) is 14.6. The maximum absolute atomic E-state index is 12.9. The van der Waals surface area contributed by atoms with E-state index < -0.39 is 5.82 Å². The molecule has 7 heteroatoms. The van der Waals surface area contributed by atoms with E-state index in [0.29, 0.717) is 17.5 Å². The molecule has 0 aliphatic carbocycles. The number of nitrogens with zero attached hydrogens (tertiary/aromatic N) is 2. The van der Waals surface area contributed by atoms with Gasteiger partial charge in [0.25, 0.3) is 5.56 Å². The van der Waals surface area contributed by atoms with Crippen LogP contribution in [0, 0.1) is 5.82 Å². The second kappa shape index (κ2) is 7.66. The van der Waals surface area contributed by atoms with E-state index in [1.807, 2.05) is 17.4 Å². The van der Waals surface area contributed by atoms with E-state index in [1.54, 1.807) is 22.9 Å². The molecule has 0 amide bonds. The lowest BCUT2D eigenvalue weighted by Crippen LogP contribution is -2.31. The van der Waals surface area contributed by atoms with Gasteiger partial charge in [-0.15, -0.1) is 11.3 Å². The Morgan fingerprint density at radius 2 is 2.17 bits per heavy atom. The van der Waals surface area contributed by atoms with E-state index in [1.165, 1.54) is 32.7 Å². The van der Waals surface area contributed by atoms with Crippen LogP contribution < -0.4 is 15.6 Å². The summed E-state index contributed by atoms with van der Waals surface area (Å²) in [7, 11) is 0. The van der Waals surface area contributed by atoms with E-state index >= 15 is 0 Å². The first-order valence-electron chi connectivity index (χ1n) is 9.81. The summed E-state index contributed by atoms with van der Waals surface area (Å²) in [4.78, 5) is 18.1. The van der Waals surface area contributed by atoms with E-state index in [-0.39, 0.29) is 12.2 Å². The molecule has 0 fully saturated rings. The Bertz CT molecular complexity index is 1280. The number of nitrogens with one attached hydrogen (secondary N) is 1. The van der Waals surface area contributed by atoms with Crippen LogP contribution in [0.15, 0.2) is 59.7 Å². The van der Waals surface area contributed by atoms with Crippen molar-refractivity contribution in [2.75, 3.05) is 0 Å². The molecule has 0 radical (unpaired) electrons. The van der Waals surface area contributed by atoms with Crippen molar-refractivity contribution in [3.05, 3.63) is 87.2 Å². The monoisotopic (exact) mass is 421 g/mol. The van der Waals surface area contributed by atoms with Gasteiger partial charge >= 0.3 is 0 Å². The standard InChI is InChI=1S/C23H20FN3O2S/c1-14-8-21-20(12-25-14)19-5-4-17(9-22(19)30-21)27-7-6-18(10-23(27)28)29-13-16-3-2-15(24)11-26-16/h2-7,9-11,14,25H,8,12-13H2,1H3. The third kappa shape index (κ3) is 3.62. The average Bonchev–Trinajstić information content (AvgIpc) is 3.10. The van der Waals surface area contributed by atoms with Crippen LogP contribution in [0.25, 0.3) is 15.8 Å². The van der Waals surface area contributed by atoms with Crippen LogP contribution >= 0.6 is 11.3 Å². The Labute approximate surface area is 176 Å². The van der Waals surface area contributed by atoms with Gasteiger partial charge in [-0.1, -0.05) is 6.07 Å². The van der Waals surface area contributed by atoms with Crippen molar-refractivity contribution in [1.82, 2.24) is 14.9 Å². The summed E-state index contributed by atoms with van der Waals surface area (Å²) < 4.78 is 21.4. The number of ether oxygens (including phenoxy) is 1. The Morgan fingerprint density at radius 3 is 2.97 bits per heavy atom. The molecule has 1 atom stereocenters. The molecule has 1 unspecified atom stereocenters. The molecule has 5 rings (SSSR count). The number of aromatic nitrogens is 2. The van der Waals surface area contributed by atoms with Crippen LogP contribution in [0.3, 0.4) is 0 Å². The number of thiophene rings is 1. The molecule has 1 aliphatic heterocycles. The summed E-state index contributed by atoms with van der Waals surface area (Å²) in [6.45, 7) is 3.27. The van der Waals surface area contributed by atoms with Gasteiger partial charge in [-0.05, 0) is 54.6 Å². The molecule has 4 aromatic rings. The summed E-state index contributed by atoms with van der Waals surface area (Å²) in [5, 5.41) is 4.78. The SMILES string of the molecule is CC1Cc2sc3cc(-n4ccc(OCc5ccc(F)cn5)cc4=O)ccc3c2CN1. The molecule has 0 bridgehead atoms. The van der Waals surface area contributed by atoms with Gasteiger partial charge in [-0.2, -0.15) is 0 Å². The number of halogens is 1. The summed E-state index contributed by atoms with van der Waals surface area (Å²) in [5.74, 6) is 0.0609. The summed E-state index contributed by atoms with van der Waals surface area (Å²) in [6, 6.07) is 12.8. The van der Waals surface area contributed by atoms with E-state index in [4.69, 9.17) is 4.74 Å². The first-order valence-corrected chi connectivity index (χ1v) is 10.6. The molecule has 0 saturated carbocycles. The lowest BCUT2D eigenvalue weighted by Gasteiger charge is -2.19. The Morgan fingerprint density at radius 1 is 1.27 bits per heavy atom. The Hall–Kier alpha value is -3.03. The highest BCUT2D eigenvalue weighted by atomic mass is 32.1. The molecule has 0 saturated heterocycles. The minimum absolute atomic E-state index is 0.170. The summed E-state index contributed by atoms with van der Waals surface area (Å²) in [5.41, 5.74) is 2.64. The molecule has 152 valence electrons. The second-order valence-corrected chi connectivity index (χ2v) is 8.63. The lowest BCUT2D eigenvalue weighted by molar-refractivity contribution is 0.300. The van der Waals surface area contributed by atoms with E-state index in [2.05, 4.69) is 29.4 Å². The molecule has 3 aromatic heterocycles. The fraction of sp³-hybridized carbons (Fsp3) is 0.217. The smallest absolute Gasteiger partial charge is 0.258 e. The van der Waals surface area contributed by atoms with Crippen LogP contribution in [-0.4, -0.2) is 15.6 Å². The van der Waals surface area contributed by atoms with Gasteiger partial charge in [0, 0.05) is 34.4 Å². The molecular weight excluding hydrogens is 401 g/mol. The fourth-order valence-electron chi connectivity index (χ4n) is 3.74. The molecular formula is C23H20FN3O2S. The number of hydrogen-bond donors (Lipinski definition) is 1. The van der Waals surface area contributed by atoms with Gasteiger partial charge in [-0.25, -0.2) is 4.39 Å². The normalized spacial score (nSPS) is 15.9. The number of fused-ring (bicyclic) bond motifs is 3. The maximum atomic E-state index is 12.9. The van der Waals surface area contributed by atoms with Gasteiger partial charge < -0.3 is 10.1 Å². The van der Waals surface area contributed by atoms with Gasteiger partial charge in [0.15, 0.2) is 0 Å². The largest absolute Gasteiger partial charge is 0.487 e. The number of hydrogen-bond acceptors (Lipinski definition) is 5. The van der Waals surface area contributed by atoms with Gasteiger partial charge in [0.1, 0.15) is 18.2 Å². The van der Waals surface area contributed by atoms with Crippen molar-refractivity contribution in [2.24, 2.45) is 0 Å². The predicted molar refractivity (Wildman–Crippen MR) is 116 cm³/mol. The van der Waals surface area contributed by atoms with Crippen LogP contribution in [0.4, 0.5) is 4.39 Å². The van der Waals surface area contributed by atoms with Crippen molar-refractivity contribution in [1.29, 1.82) is 0 Å². The number of rotatable bonds is 4. The quantitative estimate of drug-likeness (QED) is 0.537. The highest BCUT2D eigenvalue weighted by Gasteiger charge is 2.19. The van der Waals surface area contributed by atoms with Crippen LogP contribution in [-0.2, 0) is 19.6 Å². The Kier molecular flexibility index (Phi) is 4.84. The lowest BCUT2D eigenvalue weighted by atomic mass is 10.0. The molecule has 30 heavy (non-hydrogen) atoms. The van der Waals surface area contributed by atoms with Crippen molar-refractivity contribution < 1.29 is 9.13 Å². The zero-order valence-electron chi connectivity index (χ0n) is 16.4. The van der Waals surface area contributed by atoms with Crippen LogP contribution in [0.5, 0.6) is 5.75 Å². The minimum atomic E-state index is -0.393. The van der Waals surface area contributed by atoms with Gasteiger partial charge in [-0.3, -0.25) is 14.3 Å². The minimum Gasteiger partial charge on any atom is -0.487 e.